The summed E-state index contributed by atoms with van der Waals surface area (Å²) in [6.45, 7) is 1.09. The first kappa shape index (κ1) is 13.0. The number of piperidine rings is 1. The SMILES string of the molecule is COC(=O)C1CCCCN1CC(=O)N(C)C. The van der Waals surface area contributed by atoms with Crippen LogP contribution in [-0.4, -0.2) is 62.0 Å². The van der Waals surface area contributed by atoms with Gasteiger partial charge in [0.1, 0.15) is 6.04 Å². The lowest BCUT2D eigenvalue weighted by Gasteiger charge is -2.33. The van der Waals surface area contributed by atoms with Crippen molar-refractivity contribution in [2.75, 3.05) is 34.3 Å². The number of methoxy groups -OCH3 is 1. The highest BCUT2D eigenvalue weighted by molar-refractivity contribution is 5.80. The summed E-state index contributed by atoms with van der Waals surface area (Å²) in [6, 6.07) is -0.248. The van der Waals surface area contributed by atoms with Crippen molar-refractivity contribution in [3.63, 3.8) is 0 Å². The number of likely N-dealkylation sites (tertiary alicyclic amines) is 1. The van der Waals surface area contributed by atoms with E-state index in [1.807, 2.05) is 4.90 Å². The number of ether oxygens (including phenoxy) is 1. The van der Waals surface area contributed by atoms with Crippen molar-refractivity contribution in [3.05, 3.63) is 0 Å². The first-order chi connectivity index (χ1) is 7.56. The molecule has 0 aromatic rings. The van der Waals surface area contributed by atoms with Gasteiger partial charge in [-0.2, -0.15) is 0 Å². The summed E-state index contributed by atoms with van der Waals surface area (Å²) in [4.78, 5) is 26.6. The number of hydrogen-bond donors (Lipinski definition) is 0. The normalized spacial score (nSPS) is 21.6. The fraction of sp³-hybridized carbons (Fsp3) is 0.818. The molecule has 1 rings (SSSR count). The lowest BCUT2D eigenvalue weighted by atomic mass is 10.0. The molecule has 1 amide bonds. The lowest BCUT2D eigenvalue weighted by molar-refractivity contribution is -0.149. The average molecular weight is 228 g/mol. The molecule has 0 N–H and O–H groups in total. The molecule has 5 heteroatoms. The standard InChI is InChI=1S/C11H20N2O3/c1-12(2)10(14)8-13-7-5-4-6-9(13)11(15)16-3/h9H,4-8H2,1-3H3. The Morgan fingerprint density at radius 1 is 1.38 bits per heavy atom. The van der Waals surface area contributed by atoms with E-state index in [0.29, 0.717) is 6.54 Å². The van der Waals surface area contributed by atoms with E-state index >= 15 is 0 Å². The van der Waals surface area contributed by atoms with Crippen LogP contribution in [0.1, 0.15) is 19.3 Å². The van der Waals surface area contributed by atoms with E-state index in [2.05, 4.69) is 0 Å². The van der Waals surface area contributed by atoms with Crippen LogP contribution in [0.2, 0.25) is 0 Å². The number of carbonyl (C=O) groups is 2. The van der Waals surface area contributed by atoms with Gasteiger partial charge in [-0.15, -0.1) is 0 Å². The number of amides is 1. The summed E-state index contributed by atoms with van der Waals surface area (Å²) in [7, 11) is 4.84. The molecular formula is C11H20N2O3. The molecule has 16 heavy (non-hydrogen) atoms. The Morgan fingerprint density at radius 3 is 2.62 bits per heavy atom. The third kappa shape index (κ3) is 3.20. The van der Waals surface area contributed by atoms with Crippen molar-refractivity contribution in [1.29, 1.82) is 0 Å². The van der Waals surface area contributed by atoms with E-state index in [1.54, 1.807) is 19.0 Å². The monoisotopic (exact) mass is 228 g/mol. The Balaban J connectivity index is 2.60. The van der Waals surface area contributed by atoms with Gasteiger partial charge in [0.15, 0.2) is 0 Å². The molecule has 1 heterocycles. The molecule has 0 radical (unpaired) electrons. The van der Waals surface area contributed by atoms with Gasteiger partial charge < -0.3 is 9.64 Å². The largest absolute Gasteiger partial charge is 0.468 e. The smallest absolute Gasteiger partial charge is 0.323 e. The van der Waals surface area contributed by atoms with Gasteiger partial charge in [-0.1, -0.05) is 6.42 Å². The zero-order valence-corrected chi connectivity index (χ0v) is 10.2. The molecule has 1 saturated heterocycles. The quantitative estimate of drug-likeness (QED) is 0.643. The Kier molecular flexibility index (Phi) is 4.73. The molecule has 0 spiro atoms. The summed E-state index contributed by atoms with van der Waals surface area (Å²) in [6.07, 6.45) is 2.84. The number of carbonyl (C=O) groups excluding carboxylic acids is 2. The minimum atomic E-state index is -0.248. The summed E-state index contributed by atoms with van der Waals surface area (Å²) >= 11 is 0. The third-order valence-corrected chi connectivity index (χ3v) is 2.92. The van der Waals surface area contributed by atoms with Gasteiger partial charge in [-0.3, -0.25) is 14.5 Å². The van der Waals surface area contributed by atoms with Gasteiger partial charge in [0.2, 0.25) is 5.91 Å². The Labute approximate surface area is 96.3 Å². The Hall–Kier alpha value is -1.10. The highest BCUT2D eigenvalue weighted by Gasteiger charge is 2.30. The summed E-state index contributed by atoms with van der Waals surface area (Å²) in [5.41, 5.74) is 0. The zero-order chi connectivity index (χ0) is 12.1. The molecule has 1 unspecified atom stereocenters. The van der Waals surface area contributed by atoms with Crippen LogP contribution in [0, 0.1) is 0 Å². The number of likely N-dealkylation sites (N-methyl/N-ethyl adjacent to an activating group) is 1. The second-order valence-corrected chi connectivity index (χ2v) is 4.29. The highest BCUT2D eigenvalue weighted by atomic mass is 16.5. The molecule has 1 atom stereocenters. The predicted molar refractivity (Wildman–Crippen MR) is 59.9 cm³/mol. The van der Waals surface area contributed by atoms with E-state index in [4.69, 9.17) is 4.74 Å². The van der Waals surface area contributed by atoms with E-state index in [1.165, 1.54) is 7.11 Å². The van der Waals surface area contributed by atoms with Crippen LogP contribution in [0.25, 0.3) is 0 Å². The second-order valence-electron chi connectivity index (χ2n) is 4.29. The Bertz CT molecular complexity index is 266. The molecular weight excluding hydrogens is 208 g/mol. The first-order valence-corrected chi connectivity index (χ1v) is 5.58. The number of rotatable bonds is 3. The van der Waals surface area contributed by atoms with Crippen molar-refractivity contribution in [1.82, 2.24) is 9.80 Å². The van der Waals surface area contributed by atoms with Crippen molar-refractivity contribution < 1.29 is 14.3 Å². The molecule has 0 aromatic heterocycles. The maximum absolute atomic E-state index is 11.6. The van der Waals surface area contributed by atoms with Crippen LogP contribution >= 0.6 is 0 Å². The fourth-order valence-electron chi connectivity index (χ4n) is 1.90. The van der Waals surface area contributed by atoms with Crippen molar-refractivity contribution in [3.8, 4) is 0 Å². The van der Waals surface area contributed by atoms with Crippen LogP contribution in [-0.2, 0) is 14.3 Å². The van der Waals surface area contributed by atoms with E-state index in [-0.39, 0.29) is 17.9 Å². The third-order valence-electron chi connectivity index (χ3n) is 2.92. The summed E-state index contributed by atoms with van der Waals surface area (Å²) < 4.78 is 4.76. The number of hydrogen-bond acceptors (Lipinski definition) is 4. The summed E-state index contributed by atoms with van der Waals surface area (Å²) in [5, 5.41) is 0. The maximum atomic E-state index is 11.6. The van der Waals surface area contributed by atoms with Crippen molar-refractivity contribution >= 4 is 11.9 Å². The summed E-state index contributed by atoms with van der Waals surface area (Å²) in [5.74, 6) is -0.206. The zero-order valence-electron chi connectivity index (χ0n) is 10.2. The lowest BCUT2D eigenvalue weighted by Crippen LogP contribution is -2.49. The van der Waals surface area contributed by atoms with Gasteiger partial charge in [-0.25, -0.2) is 0 Å². The predicted octanol–water partition coefficient (Wildman–Crippen LogP) is 0.102. The average Bonchev–Trinajstić information content (AvgIpc) is 2.28. The Morgan fingerprint density at radius 2 is 2.06 bits per heavy atom. The first-order valence-electron chi connectivity index (χ1n) is 5.58. The minimum absolute atomic E-state index is 0.0239. The topological polar surface area (TPSA) is 49.9 Å². The van der Waals surface area contributed by atoms with Crippen LogP contribution in [0.3, 0.4) is 0 Å². The van der Waals surface area contributed by atoms with Crippen LogP contribution in [0.15, 0.2) is 0 Å². The van der Waals surface area contributed by atoms with Gasteiger partial charge in [0, 0.05) is 14.1 Å². The maximum Gasteiger partial charge on any atom is 0.323 e. The molecule has 1 aliphatic heterocycles. The molecule has 0 aromatic carbocycles. The van der Waals surface area contributed by atoms with Crippen molar-refractivity contribution in [2.45, 2.75) is 25.3 Å². The molecule has 5 nitrogen and oxygen atoms in total. The second kappa shape index (κ2) is 5.84. The van der Waals surface area contributed by atoms with E-state index < -0.39 is 0 Å². The van der Waals surface area contributed by atoms with Gasteiger partial charge >= 0.3 is 5.97 Å². The van der Waals surface area contributed by atoms with Gasteiger partial charge in [0.25, 0.3) is 0 Å². The molecule has 1 aliphatic rings. The van der Waals surface area contributed by atoms with E-state index in [0.717, 1.165) is 25.8 Å². The van der Waals surface area contributed by atoms with E-state index in [9.17, 15) is 9.59 Å². The van der Waals surface area contributed by atoms with Crippen molar-refractivity contribution in [2.24, 2.45) is 0 Å². The molecule has 0 saturated carbocycles. The molecule has 92 valence electrons. The molecule has 0 aliphatic carbocycles. The van der Waals surface area contributed by atoms with Crippen LogP contribution in [0.4, 0.5) is 0 Å². The fourth-order valence-corrected chi connectivity index (χ4v) is 1.90. The minimum Gasteiger partial charge on any atom is -0.468 e. The van der Waals surface area contributed by atoms with Crippen LogP contribution < -0.4 is 0 Å². The van der Waals surface area contributed by atoms with Gasteiger partial charge in [0.05, 0.1) is 13.7 Å². The molecule has 0 bridgehead atoms. The van der Waals surface area contributed by atoms with Gasteiger partial charge in [-0.05, 0) is 19.4 Å². The van der Waals surface area contributed by atoms with Crippen LogP contribution in [0.5, 0.6) is 0 Å². The highest BCUT2D eigenvalue weighted by Crippen LogP contribution is 2.17. The number of nitrogens with zero attached hydrogens (tertiary/aromatic N) is 2. The number of esters is 1. The molecule has 1 fully saturated rings.